The van der Waals surface area contributed by atoms with Gasteiger partial charge in [0.1, 0.15) is 0 Å². The predicted molar refractivity (Wildman–Crippen MR) is 83.5 cm³/mol. The van der Waals surface area contributed by atoms with E-state index in [0.717, 1.165) is 17.4 Å². The third-order valence-corrected chi connectivity index (χ3v) is 5.70. The van der Waals surface area contributed by atoms with E-state index in [0.29, 0.717) is 0 Å². The van der Waals surface area contributed by atoms with E-state index in [4.69, 9.17) is 0 Å². The summed E-state index contributed by atoms with van der Waals surface area (Å²) in [5.41, 5.74) is 0.756. The zero-order chi connectivity index (χ0) is 13.9. The Kier molecular flexibility index (Phi) is 5.30. The average Bonchev–Trinajstić information content (AvgIpc) is 3.17. The van der Waals surface area contributed by atoms with Gasteiger partial charge < -0.3 is 4.90 Å². The number of rotatable bonds is 2. The summed E-state index contributed by atoms with van der Waals surface area (Å²) in [4.78, 5) is 5.44. The van der Waals surface area contributed by atoms with Gasteiger partial charge in [0.2, 0.25) is 0 Å². The second-order valence-corrected chi connectivity index (χ2v) is 6.74. The highest BCUT2D eigenvalue weighted by Gasteiger charge is 2.57. The maximum atomic E-state index is 2.82. The molecule has 1 saturated carbocycles. The van der Waals surface area contributed by atoms with Gasteiger partial charge in [0.25, 0.3) is 0 Å². The third kappa shape index (κ3) is 3.33. The molecular formula is C17H34N2. The summed E-state index contributed by atoms with van der Waals surface area (Å²) < 4.78 is 0. The van der Waals surface area contributed by atoms with E-state index in [2.05, 4.69) is 23.6 Å². The second-order valence-electron chi connectivity index (χ2n) is 6.74. The van der Waals surface area contributed by atoms with E-state index in [1.54, 1.807) is 0 Å². The van der Waals surface area contributed by atoms with Crippen molar-refractivity contribution < 1.29 is 0 Å². The zero-order valence-electron chi connectivity index (χ0n) is 13.6. The van der Waals surface area contributed by atoms with Crippen LogP contribution in [0.3, 0.4) is 0 Å². The molecule has 19 heavy (non-hydrogen) atoms. The molecule has 0 N–H and O–H groups in total. The molecule has 2 nitrogen and oxygen atoms in total. The van der Waals surface area contributed by atoms with Gasteiger partial charge in [-0.1, -0.05) is 27.7 Å². The number of piperidine rings is 2. The molecule has 2 heterocycles. The van der Waals surface area contributed by atoms with E-state index in [9.17, 15) is 0 Å². The number of hydrogen-bond acceptors (Lipinski definition) is 2. The minimum Gasteiger partial charge on any atom is -0.304 e. The Hall–Kier alpha value is -0.0800. The Morgan fingerprint density at radius 1 is 1.00 bits per heavy atom. The second kappa shape index (κ2) is 6.58. The van der Waals surface area contributed by atoms with E-state index in [1.165, 1.54) is 64.8 Å². The maximum absolute atomic E-state index is 2.82. The van der Waals surface area contributed by atoms with Gasteiger partial charge in [-0.3, -0.25) is 4.90 Å². The van der Waals surface area contributed by atoms with Crippen LogP contribution in [-0.4, -0.2) is 48.6 Å². The molecule has 0 aromatic heterocycles. The molecule has 112 valence electrons. The minimum atomic E-state index is 0.756. The first-order chi connectivity index (χ1) is 9.23. The van der Waals surface area contributed by atoms with Crippen molar-refractivity contribution in [3.8, 4) is 0 Å². The smallest absolute Gasteiger partial charge is 0.0159 e. The van der Waals surface area contributed by atoms with Crippen LogP contribution in [0.4, 0.5) is 0 Å². The van der Waals surface area contributed by atoms with Crippen molar-refractivity contribution in [3.63, 3.8) is 0 Å². The van der Waals surface area contributed by atoms with Crippen molar-refractivity contribution in [2.75, 3.05) is 32.7 Å². The molecular weight excluding hydrogens is 232 g/mol. The Labute approximate surface area is 120 Å². The summed E-state index contributed by atoms with van der Waals surface area (Å²) in [6.07, 6.45) is 7.33. The summed E-state index contributed by atoms with van der Waals surface area (Å²) in [7, 11) is 0. The summed E-state index contributed by atoms with van der Waals surface area (Å²) >= 11 is 0. The molecule has 1 spiro atoms. The van der Waals surface area contributed by atoms with Gasteiger partial charge in [-0.2, -0.15) is 0 Å². The fraction of sp³-hybridized carbons (Fsp3) is 1.00. The zero-order valence-corrected chi connectivity index (χ0v) is 13.6. The lowest BCUT2D eigenvalue weighted by molar-refractivity contribution is 0.120. The number of hydrogen-bond donors (Lipinski definition) is 0. The van der Waals surface area contributed by atoms with Crippen LogP contribution in [0.1, 0.15) is 59.8 Å². The monoisotopic (exact) mass is 266 g/mol. The van der Waals surface area contributed by atoms with Gasteiger partial charge in [-0.15, -0.1) is 0 Å². The maximum Gasteiger partial charge on any atom is 0.0159 e. The van der Waals surface area contributed by atoms with Crippen molar-refractivity contribution in [2.24, 2.45) is 11.3 Å². The van der Waals surface area contributed by atoms with E-state index in [-0.39, 0.29) is 0 Å². The Bertz CT molecular complexity index is 260. The fourth-order valence-corrected chi connectivity index (χ4v) is 4.03. The summed E-state index contributed by atoms with van der Waals surface area (Å²) in [6, 6.07) is 0.967. The SMILES string of the molecule is CC.CCN1CCC2(CC1)CC2N1CCC(C)CC1. The summed E-state index contributed by atoms with van der Waals surface area (Å²) in [6.45, 7) is 15.4. The standard InChI is InChI=1S/C15H28N2.C2H6/c1-3-16-10-6-15(7-11-16)12-14(15)17-8-4-13(2)5-9-17;1-2/h13-14H,3-12H2,1-2H3;1-2H3. The highest BCUT2D eigenvalue weighted by Crippen LogP contribution is 2.57. The molecule has 3 aliphatic rings. The molecule has 0 aromatic carbocycles. The lowest BCUT2D eigenvalue weighted by Crippen LogP contribution is -2.41. The molecule has 2 heteroatoms. The van der Waals surface area contributed by atoms with Gasteiger partial charge in [0, 0.05) is 6.04 Å². The normalized spacial score (nSPS) is 31.9. The van der Waals surface area contributed by atoms with E-state index in [1.807, 2.05) is 13.8 Å². The van der Waals surface area contributed by atoms with Crippen molar-refractivity contribution in [1.82, 2.24) is 9.80 Å². The molecule has 1 unspecified atom stereocenters. The first kappa shape index (κ1) is 15.3. The number of likely N-dealkylation sites (tertiary alicyclic amines) is 2. The van der Waals surface area contributed by atoms with Gasteiger partial charge in [-0.05, 0) is 76.2 Å². The van der Waals surface area contributed by atoms with Crippen LogP contribution >= 0.6 is 0 Å². The quantitative estimate of drug-likeness (QED) is 0.753. The van der Waals surface area contributed by atoms with E-state index >= 15 is 0 Å². The molecule has 0 aromatic rings. The molecule has 0 amide bonds. The van der Waals surface area contributed by atoms with Gasteiger partial charge in [0.15, 0.2) is 0 Å². The van der Waals surface area contributed by atoms with Crippen LogP contribution in [-0.2, 0) is 0 Å². The van der Waals surface area contributed by atoms with Crippen molar-refractivity contribution >= 4 is 0 Å². The highest BCUT2D eigenvalue weighted by molar-refractivity contribution is 5.11. The van der Waals surface area contributed by atoms with Crippen LogP contribution in [0.2, 0.25) is 0 Å². The average molecular weight is 266 g/mol. The molecule has 2 saturated heterocycles. The summed E-state index contributed by atoms with van der Waals surface area (Å²) in [5.74, 6) is 0.975. The molecule has 0 radical (unpaired) electrons. The lowest BCUT2D eigenvalue weighted by Gasteiger charge is -2.36. The molecule has 0 bridgehead atoms. The predicted octanol–water partition coefficient (Wildman–Crippen LogP) is 3.62. The van der Waals surface area contributed by atoms with Crippen LogP contribution in [0.25, 0.3) is 0 Å². The highest BCUT2D eigenvalue weighted by atomic mass is 15.2. The Morgan fingerprint density at radius 2 is 1.58 bits per heavy atom. The largest absolute Gasteiger partial charge is 0.304 e. The third-order valence-electron chi connectivity index (χ3n) is 5.70. The molecule has 1 atom stereocenters. The molecule has 1 aliphatic carbocycles. The molecule has 2 aliphatic heterocycles. The number of nitrogens with zero attached hydrogens (tertiary/aromatic N) is 2. The fourth-order valence-electron chi connectivity index (χ4n) is 4.03. The lowest BCUT2D eigenvalue weighted by atomic mass is 9.91. The van der Waals surface area contributed by atoms with Crippen molar-refractivity contribution in [1.29, 1.82) is 0 Å². The molecule has 3 fully saturated rings. The minimum absolute atomic E-state index is 0.756. The first-order valence-corrected chi connectivity index (χ1v) is 8.70. The van der Waals surface area contributed by atoms with Crippen LogP contribution in [0.15, 0.2) is 0 Å². The van der Waals surface area contributed by atoms with Gasteiger partial charge >= 0.3 is 0 Å². The topological polar surface area (TPSA) is 6.48 Å². The Balaban J connectivity index is 0.000000637. The van der Waals surface area contributed by atoms with Crippen molar-refractivity contribution in [3.05, 3.63) is 0 Å². The van der Waals surface area contributed by atoms with Gasteiger partial charge in [-0.25, -0.2) is 0 Å². The van der Waals surface area contributed by atoms with Crippen LogP contribution in [0, 0.1) is 11.3 Å². The molecule has 3 rings (SSSR count). The Morgan fingerprint density at radius 3 is 2.11 bits per heavy atom. The van der Waals surface area contributed by atoms with Gasteiger partial charge in [0.05, 0.1) is 0 Å². The first-order valence-electron chi connectivity index (χ1n) is 8.70. The summed E-state index contributed by atoms with van der Waals surface area (Å²) in [5, 5.41) is 0. The van der Waals surface area contributed by atoms with Crippen LogP contribution < -0.4 is 0 Å². The van der Waals surface area contributed by atoms with Crippen LogP contribution in [0.5, 0.6) is 0 Å². The van der Waals surface area contributed by atoms with Crippen molar-refractivity contribution in [2.45, 2.75) is 65.8 Å². The van der Waals surface area contributed by atoms with E-state index < -0.39 is 0 Å².